The summed E-state index contributed by atoms with van der Waals surface area (Å²) in [6.45, 7) is 5.80. The summed E-state index contributed by atoms with van der Waals surface area (Å²) in [6, 6.07) is 0. The van der Waals surface area contributed by atoms with E-state index in [9.17, 15) is 9.59 Å². The minimum absolute atomic E-state index is 0.0932. The number of hydrogen-bond acceptors (Lipinski definition) is 3. The Morgan fingerprint density at radius 3 is 2.44 bits per heavy atom. The van der Waals surface area contributed by atoms with E-state index >= 15 is 0 Å². The van der Waals surface area contributed by atoms with Gasteiger partial charge < -0.3 is 4.90 Å². The molecule has 0 aromatic carbocycles. The van der Waals surface area contributed by atoms with Crippen LogP contribution in [0.5, 0.6) is 0 Å². The minimum atomic E-state index is 0.0932. The number of rotatable bonds is 2. The largest absolute Gasteiger partial charge is 0.342 e. The van der Waals surface area contributed by atoms with Gasteiger partial charge in [0, 0.05) is 38.5 Å². The van der Waals surface area contributed by atoms with Gasteiger partial charge in [0.15, 0.2) is 0 Å². The number of piperidine rings is 1. The van der Waals surface area contributed by atoms with Crippen LogP contribution in [0.25, 0.3) is 0 Å². The summed E-state index contributed by atoms with van der Waals surface area (Å²) in [6.07, 6.45) is 5.38. The third-order valence-corrected chi connectivity index (χ3v) is 4.07. The summed E-state index contributed by atoms with van der Waals surface area (Å²) < 4.78 is 0. The quantitative estimate of drug-likeness (QED) is 0.744. The predicted octanol–water partition coefficient (Wildman–Crippen LogP) is 1.30. The number of Topliss-reactive ketones (excluding diaryl/α,β-unsaturated/α-hetero) is 1. The van der Waals surface area contributed by atoms with Crippen LogP contribution in [0.1, 0.15) is 39.0 Å². The van der Waals surface area contributed by atoms with Crippen LogP contribution in [0.4, 0.5) is 0 Å². The molecule has 1 amide bonds. The second kappa shape index (κ2) is 6.32. The van der Waals surface area contributed by atoms with Gasteiger partial charge in [-0.3, -0.25) is 14.5 Å². The van der Waals surface area contributed by atoms with E-state index in [-0.39, 0.29) is 11.8 Å². The van der Waals surface area contributed by atoms with E-state index in [1.165, 1.54) is 12.8 Å². The van der Waals surface area contributed by atoms with Gasteiger partial charge in [0.25, 0.3) is 0 Å². The molecule has 1 unspecified atom stereocenters. The first-order chi connectivity index (χ1) is 8.66. The Hall–Kier alpha value is -0.900. The first-order valence-electron chi connectivity index (χ1n) is 7.19. The second-order valence-corrected chi connectivity index (χ2v) is 5.65. The average molecular weight is 252 g/mol. The highest BCUT2D eigenvalue weighted by Crippen LogP contribution is 2.14. The molecule has 4 nitrogen and oxygen atoms in total. The van der Waals surface area contributed by atoms with Gasteiger partial charge >= 0.3 is 0 Å². The topological polar surface area (TPSA) is 40.6 Å². The number of ketones is 1. The van der Waals surface area contributed by atoms with Crippen molar-refractivity contribution in [2.45, 2.75) is 39.0 Å². The van der Waals surface area contributed by atoms with E-state index in [1.54, 1.807) is 0 Å². The molecule has 0 N–H and O–H groups in total. The Morgan fingerprint density at radius 1 is 1.17 bits per heavy atom. The molecule has 0 spiro atoms. The fraction of sp³-hybridized carbons (Fsp3) is 0.857. The van der Waals surface area contributed by atoms with Gasteiger partial charge in [-0.1, -0.05) is 19.8 Å². The molecule has 1 atom stereocenters. The summed E-state index contributed by atoms with van der Waals surface area (Å²) in [7, 11) is 0. The standard InChI is InChI=1S/C14H24N2O2/c1-12-10-15(9-6-13(12)17)11-14(18)16-7-4-2-3-5-8-16/h12H,2-11H2,1H3. The van der Waals surface area contributed by atoms with Crippen molar-refractivity contribution in [3.8, 4) is 0 Å². The third kappa shape index (κ3) is 3.55. The number of carbonyl (C=O) groups excluding carboxylic acids is 2. The molecule has 0 saturated carbocycles. The molecule has 4 heteroatoms. The average Bonchev–Trinajstić information content (AvgIpc) is 2.62. The lowest BCUT2D eigenvalue weighted by Crippen LogP contribution is -2.46. The van der Waals surface area contributed by atoms with Crippen LogP contribution in [-0.2, 0) is 9.59 Å². The normalized spacial score (nSPS) is 27.1. The van der Waals surface area contributed by atoms with Gasteiger partial charge in [-0.25, -0.2) is 0 Å². The molecule has 2 heterocycles. The lowest BCUT2D eigenvalue weighted by molar-refractivity contribution is -0.135. The molecule has 0 radical (unpaired) electrons. The minimum Gasteiger partial charge on any atom is -0.342 e. The van der Waals surface area contributed by atoms with E-state index in [0.717, 1.165) is 39.0 Å². The van der Waals surface area contributed by atoms with Crippen molar-refractivity contribution in [1.29, 1.82) is 0 Å². The Kier molecular flexibility index (Phi) is 4.75. The monoisotopic (exact) mass is 252 g/mol. The SMILES string of the molecule is CC1CN(CC(=O)N2CCCCCC2)CCC1=O. The van der Waals surface area contributed by atoms with Gasteiger partial charge in [-0.2, -0.15) is 0 Å². The molecule has 2 saturated heterocycles. The summed E-state index contributed by atoms with van der Waals surface area (Å²) >= 11 is 0. The van der Waals surface area contributed by atoms with Crippen LogP contribution in [0.3, 0.4) is 0 Å². The number of nitrogens with zero attached hydrogens (tertiary/aromatic N) is 2. The van der Waals surface area contributed by atoms with Crippen LogP contribution < -0.4 is 0 Å². The zero-order valence-electron chi connectivity index (χ0n) is 11.4. The molecule has 102 valence electrons. The van der Waals surface area contributed by atoms with E-state index < -0.39 is 0 Å². The van der Waals surface area contributed by atoms with Crippen molar-refractivity contribution < 1.29 is 9.59 Å². The number of hydrogen-bond donors (Lipinski definition) is 0. The van der Waals surface area contributed by atoms with Crippen molar-refractivity contribution in [3.63, 3.8) is 0 Å². The zero-order chi connectivity index (χ0) is 13.0. The maximum atomic E-state index is 12.2. The highest BCUT2D eigenvalue weighted by Gasteiger charge is 2.26. The second-order valence-electron chi connectivity index (χ2n) is 5.65. The first-order valence-corrected chi connectivity index (χ1v) is 7.19. The fourth-order valence-corrected chi connectivity index (χ4v) is 2.85. The van der Waals surface area contributed by atoms with Gasteiger partial charge in [-0.15, -0.1) is 0 Å². The zero-order valence-corrected chi connectivity index (χ0v) is 11.4. The Labute approximate surface area is 109 Å². The molecule has 2 rings (SSSR count). The molecule has 0 aromatic rings. The molecule has 18 heavy (non-hydrogen) atoms. The van der Waals surface area contributed by atoms with Gasteiger partial charge in [0.05, 0.1) is 6.54 Å². The maximum absolute atomic E-state index is 12.2. The predicted molar refractivity (Wildman–Crippen MR) is 70.3 cm³/mol. The molecule has 0 aromatic heterocycles. The Balaban J connectivity index is 1.81. The highest BCUT2D eigenvalue weighted by molar-refractivity contribution is 5.82. The van der Waals surface area contributed by atoms with Crippen LogP contribution >= 0.6 is 0 Å². The Morgan fingerprint density at radius 2 is 1.83 bits per heavy atom. The molecule has 0 bridgehead atoms. The van der Waals surface area contributed by atoms with Crippen LogP contribution in [-0.4, -0.2) is 54.2 Å². The van der Waals surface area contributed by atoms with E-state index in [2.05, 4.69) is 4.90 Å². The number of likely N-dealkylation sites (tertiary alicyclic amines) is 2. The fourth-order valence-electron chi connectivity index (χ4n) is 2.85. The first kappa shape index (κ1) is 13.5. The summed E-state index contributed by atoms with van der Waals surface area (Å²) in [5.41, 5.74) is 0. The van der Waals surface area contributed by atoms with Crippen molar-refractivity contribution in [2.24, 2.45) is 5.92 Å². The van der Waals surface area contributed by atoms with Crippen LogP contribution in [0, 0.1) is 5.92 Å². The smallest absolute Gasteiger partial charge is 0.236 e. The van der Waals surface area contributed by atoms with Crippen LogP contribution in [0.2, 0.25) is 0 Å². The maximum Gasteiger partial charge on any atom is 0.236 e. The molecular formula is C14H24N2O2. The van der Waals surface area contributed by atoms with Crippen molar-refractivity contribution in [2.75, 3.05) is 32.7 Å². The summed E-state index contributed by atoms with van der Waals surface area (Å²) in [4.78, 5) is 27.8. The lowest BCUT2D eigenvalue weighted by atomic mass is 9.99. The number of amides is 1. The Bertz CT molecular complexity index is 309. The van der Waals surface area contributed by atoms with Crippen molar-refractivity contribution in [3.05, 3.63) is 0 Å². The van der Waals surface area contributed by atoms with Gasteiger partial charge in [0.2, 0.25) is 5.91 Å². The van der Waals surface area contributed by atoms with Gasteiger partial charge in [-0.05, 0) is 12.8 Å². The number of carbonyl (C=O) groups is 2. The molecule has 2 aliphatic heterocycles. The van der Waals surface area contributed by atoms with E-state index in [0.29, 0.717) is 18.7 Å². The third-order valence-electron chi connectivity index (χ3n) is 4.07. The van der Waals surface area contributed by atoms with E-state index in [4.69, 9.17) is 0 Å². The van der Waals surface area contributed by atoms with Crippen molar-refractivity contribution >= 4 is 11.7 Å². The molecule has 2 fully saturated rings. The molecule has 2 aliphatic rings. The lowest BCUT2D eigenvalue weighted by Gasteiger charge is -2.31. The van der Waals surface area contributed by atoms with Crippen molar-refractivity contribution in [1.82, 2.24) is 9.80 Å². The molecule has 0 aliphatic carbocycles. The summed E-state index contributed by atoms with van der Waals surface area (Å²) in [5, 5.41) is 0. The van der Waals surface area contributed by atoms with Crippen LogP contribution in [0.15, 0.2) is 0 Å². The van der Waals surface area contributed by atoms with E-state index in [1.807, 2.05) is 11.8 Å². The molecular weight excluding hydrogens is 228 g/mol. The van der Waals surface area contributed by atoms with Gasteiger partial charge in [0.1, 0.15) is 5.78 Å². The highest BCUT2D eigenvalue weighted by atomic mass is 16.2. The summed E-state index contributed by atoms with van der Waals surface area (Å²) in [5.74, 6) is 0.683.